The van der Waals surface area contributed by atoms with E-state index in [-0.39, 0.29) is 47.1 Å². The molecule has 2 amide bonds. The molecule has 2 aliphatic carbocycles. The number of alkyl halides is 1. The second kappa shape index (κ2) is 9.95. The van der Waals surface area contributed by atoms with Gasteiger partial charge in [-0.1, -0.05) is 0 Å². The first-order valence-corrected chi connectivity index (χ1v) is 12.8. The zero-order chi connectivity index (χ0) is 28.1. The fraction of sp³-hybridized carbons (Fsp3) is 0.500. The van der Waals surface area contributed by atoms with Crippen LogP contribution in [0.3, 0.4) is 0 Å². The predicted octanol–water partition coefficient (Wildman–Crippen LogP) is 3.20. The van der Waals surface area contributed by atoms with E-state index in [9.17, 15) is 18.8 Å². The molecule has 2 N–H and O–H groups in total. The summed E-state index contributed by atoms with van der Waals surface area (Å²) in [6.07, 6.45) is 3.08. The highest BCUT2D eigenvalue weighted by Gasteiger charge is 2.40. The number of carbonyl (C=O) groups excluding carboxylic acids is 2. The van der Waals surface area contributed by atoms with Gasteiger partial charge >= 0.3 is 6.09 Å². The molecule has 2 fully saturated rings. The van der Waals surface area contributed by atoms with Gasteiger partial charge in [-0.2, -0.15) is 9.61 Å². The van der Waals surface area contributed by atoms with Crippen LogP contribution in [0.15, 0.2) is 35.4 Å². The Kier molecular flexibility index (Phi) is 6.79. The van der Waals surface area contributed by atoms with Crippen LogP contribution in [0.25, 0.3) is 5.65 Å². The van der Waals surface area contributed by atoms with Crippen molar-refractivity contribution in [2.24, 2.45) is 0 Å². The average Bonchev–Trinajstić information content (AvgIpc) is 3.42. The Bertz CT molecular complexity index is 1480. The van der Waals surface area contributed by atoms with E-state index < -0.39 is 35.4 Å². The number of carbonyl (C=O) groups is 2. The first-order valence-electron chi connectivity index (χ1n) is 12.8. The second-order valence-electron chi connectivity index (χ2n) is 10.8. The average molecular weight is 542 g/mol. The van der Waals surface area contributed by atoms with E-state index in [1.54, 1.807) is 46.2 Å². The van der Waals surface area contributed by atoms with Gasteiger partial charge in [0.15, 0.2) is 5.65 Å². The van der Waals surface area contributed by atoms with Crippen LogP contribution in [-0.4, -0.2) is 69.2 Å². The standard InChI is InChI=1S/C26H32FN7O5/c1-26(2,3)39-25(37)32(4)21-12-20(29-17-7-6-10-33(24(17)36)18-11-15(18)27)31-22-14(13-28-34(21)22)23(35)30-16-8-9-19(16)38-5/h6-7,10,12-13,15-16,18-19H,8-9,11H2,1-5H3,(H,29,31)(H,30,35)/t15-,16-,18-,19-/m1/s1. The van der Waals surface area contributed by atoms with Gasteiger partial charge in [-0.15, -0.1) is 0 Å². The van der Waals surface area contributed by atoms with Crippen LogP contribution in [0.4, 0.5) is 26.5 Å². The van der Waals surface area contributed by atoms with Gasteiger partial charge in [0.2, 0.25) is 0 Å². The summed E-state index contributed by atoms with van der Waals surface area (Å²) in [5.41, 5.74) is -0.641. The van der Waals surface area contributed by atoms with Crippen molar-refractivity contribution >= 4 is 35.0 Å². The molecule has 0 saturated heterocycles. The Morgan fingerprint density at radius 3 is 2.62 bits per heavy atom. The molecule has 13 heteroatoms. The number of nitrogens with zero attached hydrogens (tertiary/aromatic N) is 5. The second-order valence-corrected chi connectivity index (χ2v) is 10.8. The lowest BCUT2D eigenvalue weighted by atomic mass is 9.89. The van der Waals surface area contributed by atoms with Crippen LogP contribution in [0, 0.1) is 0 Å². The minimum absolute atomic E-state index is 0.0644. The van der Waals surface area contributed by atoms with Gasteiger partial charge in [-0.05, 0) is 45.7 Å². The molecule has 0 bridgehead atoms. The fourth-order valence-corrected chi connectivity index (χ4v) is 4.44. The molecule has 0 spiro atoms. The lowest BCUT2D eigenvalue weighted by Crippen LogP contribution is -2.51. The molecular weight excluding hydrogens is 509 g/mol. The molecule has 3 aromatic heterocycles. The molecule has 39 heavy (non-hydrogen) atoms. The monoisotopic (exact) mass is 541 g/mol. The number of hydrogen-bond acceptors (Lipinski definition) is 8. The third-order valence-corrected chi connectivity index (χ3v) is 6.81. The summed E-state index contributed by atoms with van der Waals surface area (Å²) in [6, 6.07) is 4.10. The van der Waals surface area contributed by atoms with E-state index in [4.69, 9.17) is 9.47 Å². The van der Waals surface area contributed by atoms with Crippen molar-refractivity contribution in [1.29, 1.82) is 0 Å². The summed E-state index contributed by atoms with van der Waals surface area (Å²) in [5.74, 6) is 0.0388. The van der Waals surface area contributed by atoms with Crippen molar-refractivity contribution in [3.8, 4) is 0 Å². The highest BCUT2D eigenvalue weighted by Crippen LogP contribution is 2.38. The summed E-state index contributed by atoms with van der Waals surface area (Å²) < 4.78 is 27.3. The van der Waals surface area contributed by atoms with Gasteiger partial charge < -0.3 is 24.7 Å². The smallest absolute Gasteiger partial charge is 0.415 e. The Balaban J connectivity index is 1.54. The third-order valence-electron chi connectivity index (χ3n) is 6.81. The van der Waals surface area contributed by atoms with Crippen molar-refractivity contribution in [3.05, 3.63) is 46.5 Å². The zero-order valence-corrected chi connectivity index (χ0v) is 22.5. The molecule has 2 aliphatic rings. The number of anilines is 3. The normalized spacial score (nSPS) is 22.2. The first kappa shape index (κ1) is 26.6. The van der Waals surface area contributed by atoms with Gasteiger partial charge in [0.1, 0.15) is 34.7 Å². The number of fused-ring (bicyclic) bond motifs is 1. The summed E-state index contributed by atoms with van der Waals surface area (Å²) in [7, 11) is 3.11. The van der Waals surface area contributed by atoms with Gasteiger partial charge in [0.05, 0.1) is 24.4 Å². The van der Waals surface area contributed by atoms with E-state index in [1.807, 2.05) is 0 Å². The minimum Gasteiger partial charge on any atom is -0.443 e. The maximum atomic E-state index is 13.7. The van der Waals surface area contributed by atoms with E-state index >= 15 is 0 Å². The number of aromatic nitrogens is 4. The van der Waals surface area contributed by atoms with Crippen molar-refractivity contribution in [2.75, 3.05) is 24.4 Å². The molecule has 4 atom stereocenters. The molecule has 3 heterocycles. The van der Waals surface area contributed by atoms with Crippen LogP contribution >= 0.6 is 0 Å². The Labute approximate surface area is 224 Å². The lowest BCUT2D eigenvalue weighted by molar-refractivity contribution is 0.00732. The summed E-state index contributed by atoms with van der Waals surface area (Å²) in [5, 5.41) is 10.3. The molecule has 3 aromatic rings. The Morgan fingerprint density at radius 2 is 2.00 bits per heavy atom. The molecule has 0 aliphatic heterocycles. The van der Waals surface area contributed by atoms with Crippen LogP contribution in [0.5, 0.6) is 0 Å². The van der Waals surface area contributed by atoms with Crippen LogP contribution in [-0.2, 0) is 9.47 Å². The van der Waals surface area contributed by atoms with E-state index in [0.717, 1.165) is 12.8 Å². The maximum Gasteiger partial charge on any atom is 0.415 e. The van der Waals surface area contributed by atoms with Crippen LogP contribution in [0.2, 0.25) is 0 Å². The zero-order valence-electron chi connectivity index (χ0n) is 22.5. The SMILES string of the molecule is CO[C@@H]1CC[C@H]1NC(=O)c1cnn2c(N(C)C(=O)OC(C)(C)C)cc(Nc3cccn([C@@H]4C[C@H]4F)c3=O)nc12. The molecule has 2 saturated carbocycles. The topological polar surface area (TPSA) is 132 Å². The molecule has 0 unspecified atom stereocenters. The number of amides is 2. The largest absolute Gasteiger partial charge is 0.443 e. The third kappa shape index (κ3) is 5.31. The van der Waals surface area contributed by atoms with Gasteiger partial charge in [0.25, 0.3) is 11.5 Å². The minimum atomic E-state index is -1.05. The predicted molar refractivity (Wildman–Crippen MR) is 141 cm³/mol. The van der Waals surface area contributed by atoms with Gasteiger partial charge in [0, 0.05) is 32.8 Å². The molecular formula is C26H32FN7O5. The maximum absolute atomic E-state index is 13.7. The molecule has 0 radical (unpaired) electrons. The molecule has 208 valence electrons. The summed E-state index contributed by atoms with van der Waals surface area (Å²) >= 11 is 0. The quantitative estimate of drug-likeness (QED) is 0.466. The number of hydrogen-bond donors (Lipinski definition) is 2. The van der Waals surface area contributed by atoms with Gasteiger partial charge in [-0.3, -0.25) is 14.5 Å². The van der Waals surface area contributed by atoms with Crippen molar-refractivity contribution in [3.63, 3.8) is 0 Å². The Morgan fingerprint density at radius 1 is 1.26 bits per heavy atom. The van der Waals surface area contributed by atoms with E-state index in [2.05, 4.69) is 20.7 Å². The highest BCUT2D eigenvalue weighted by atomic mass is 19.1. The Hall–Kier alpha value is -4.00. The molecule has 12 nitrogen and oxygen atoms in total. The van der Waals surface area contributed by atoms with E-state index in [0.29, 0.717) is 0 Å². The molecule has 0 aromatic carbocycles. The summed E-state index contributed by atoms with van der Waals surface area (Å²) in [4.78, 5) is 44.9. The van der Waals surface area contributed by atoms with Crippen molar-refractivity contribution in [1.82, 2.24) is 24.5 Å². The highest BCUT2D eigenvalue weighted by molar-refractivity contribution is 6.00. The molecule has 5 rings (SSSR count). The summed E-state index contributed by atoms with van der Waals surface area (Å²) in [6.45, 7) is 5.25. The van der Waals surface area contributed by atoms with E-state index in [1.165, 1.54) is 33.3 Å². The lowest BCUT2D eigenvalue weighted by Gasteiger charge is -2.35. The fourth-order valence-electron chi connectivity index (χ4n) is 4.44. The number of rotatable bonds is 7. The number of ether oxygens (including phenoxy) is 2. The van der Waals surface area contributed by atoms with Crippen molar-refractivity contribution in [2.45, 2.75) is 70.0 Å². The number of pyridine rings is 1. The first-order chi connectivity index (χ1) is 18.5. The number of halogens is 1. The number of nitrogens with one attached hydrogen (secondary N) is 2. The van der Waals surface area contributed by atoms with Crippen LogP contribution in [0.1, 0.15) is 56.4 Å². The van der Waals surface area contributed by atoms with Crippen LogP contribution < -0.4 is 21.1 Å². The number of methoxy groups -OCH3 is 1. The van der Waals surface area contributed by atoms with Crippen molar-refractivity contribution < 1.29 is 23.5 Å². The van der Waals surface area contributed by atoms with Gasteiger partial charge in [-0.25, -0.2) is 14.2 Å².